The van der Waals surface area contributed by atoms with Crippen LogP contribution in [0.1, 0.15) is 19.3 Å². The summed E-state index contributed by atoms with van der Waals surface area (Å²) in [5.41, 5.74) is 0. The molecule has 7 nitrogen and oxygen atoms in total. The molecular weight excluding hydrogens is 262 g/mol. The smallest absolute Gasteiger partial charge is 0.409 e. The number of nitrogens with zero attached hydrogens (tertiary/aromatic N) is 2. The fraction of sp³-hybridized carbons (Fsp3) is 0.846. The molecule has 0 aromatic rings. The number of hydrogen-bond acceptors (Lipinski definition) is 4. The first-order chi connectivity index (χ1) is 9.66. The van der Waals surface area contributed by atoms with Gasteiger partial charge in [0.2, 0.25) is 0 Å². The predicted molar refractivity (Wildman–Crippen MR) is 72.7 cm³/mol. The fourth-order valence-electron chi connectivity index (χ4n) is 2.65. The highest BCUT2D eigenvalue weighted by Crippen LogP contribution is 2.16. The van der Waals surface area contributed by atoms with Crippen LogP contribution in [-0.2, 0) is 4.74 Å². The third-order valence-electron chi connectivity index (χ3n) is 4.02. The van der Waals surface area contributed by atoms with Gasteiger partial charge in [0.15, 0.2) is 0 Å². The molecule has 2 fully saturated rings. The number of piperazine rings is 1. The normalized spacial score (nSPS) is 20.8. The maximum absolute atomic E-state index is 11.8. The molecule has 0 bridgehead atoms. The van der Waals surface area contributed by atoms with Gasteiger partial charge in [0.1, 0.15) is 0 Å². The Bertz CT molecular complexity index is 337. The number of hydrogen-bond donors (Lipinski definition) is 2. The van der Waals surface area contributed by atoms with Gasteiger partial charge in [-0.1, -0.05) is 0 Å². The summed E-state index contributed by atoms with van der Waals surface area (Å²) in [7, 11) is 0. The van der Waals surface area contributed by atoms with Crippen molar-refractivity contribution in [3.8, 4) is 0 Å². The van der Waals surface area contributed by atoms with Gasteiger partial charge in [0.25, 0.3) is 0 Å². The molecule has 2 saturated heterocycles. The van der Waals surface area contributed by atoms with E-state index >= 15 is 0 Å². The number of piperidine rings is 1. The summed E-state index contributed by atoms with van der Waals surface area (Å²) in [6.07, 6.45) is 1.97. The van der Waals surface area contributed by atoms with Crippen molar-refractivity contribution in [2.75, 3.05) is 45.9 Å². The molecule has 0 unspecified atom stereocenters. The fourth-order valence-corrected chi connectivity index (χ4v) is 2.65. The van der Waals surface area contributed by atoms with Crippen LogP contribution in [0.15, 0.2) is 0 Å². The van der Waals surface area contributed by atoms with Crippen LogP contribution in [0.4, 0.5) is 9.59 Å². The van der Waals surface area contributed by atoms with E-state index in [2.05, 4.69) is 5.32 Å². The minimum absolute atomic E-state index is 0.316. The number of nitrogens with one attached hydrogen (secondary N) is 1. The molecule has 2 aliphatic rings. The van der Waals surface area contributed by atoms with Crippen LogP contribution in [0, 0.1) is 5.92 Å². The van der Waals surface area contributed by atoms with Crippen LogP contribution in [-0.4, -0.2) is 73.0 Å². The van der Waals surface area contributed by atoms with Gasteiger partial charge in [-0.05, 0) is 38.3 Å². The summed E-state index contributed by atoms with van der Waals surface area (Å²) >= 11 is 0. The molecular formula is C13H23N3O4. The van der Waals surface area contributed by atoms with Crippen LogP contribution in [0.3, 0.4) is 0 Å². The van der Waals surface area contributed by atoms with Crippen LogP contribution in [0.2, 0.25) is 0 Å². The second-order valence-corrected chi connectivity index (χ2v) is 5.35. The van der Waals surface area contributed by atoms with Crippen LogP contribution >= 0.6 is 0 Å². The maximum atomic E-state index is 11.8. The largest absolute Gasteiger partial charge is 0.465 e. The lowest BCUT2D eigenvalue weighted by molar-refractivity contribution is 0.0688. The number of ether oxygens (including phenoxy) is 1. The Morgan fingerprint density at radius 2 is 1.70 bits per heavy atom. The highest BCUT2D eigenvalue weighted by molar-refractivity contribution is 5.69. The summed E-state index contributed by atoms with van der Waals surface area (Å²) in [5, 5.41) is 12.1. The standard InChI is InChI=1S/C13H23N3O4/c17-12(18)15-6-8-16(9-7-15)13(19)20-10-3-11-1-4-14-5-2-11/h11,14H,1-10H2,(H,17,18). The molecule has 0 radical (unpaired) electrons. The van der Waals surface area contributed by atoms with E-state index in [0.29, 0.717) is 38.7 Å². The Morgan fingerprint density at radius 1 is 1.10 bits per heavy atom. The molecule has 0 aliphatic carbocycles. The van der Waals surface area contributed by atoms with Crippen molar-refractivity contribution < 1.29 is 19.4 Å². The Hall–Kier alpha value is -1.50. The van der Waals surface area contributed by atoms with Gasteiger partial charge < -0.3 is 25.0 Å². The first-order valence-electron chi connectivity index (χ1n) is 7.27. The van der Waals surface area contributed by atoms with Crippen molar-refractivity contribution in [2.45, 2.75) is 19.3 Å². The number of amides is 2. The number of carbonyl (C=O) groups excluding carboxylic acids is 1. The van der Waals surface area contributed by atoms with Gasteiger partial charge in [0, 0.05) is 26.2 Å². The van der Waals surface area contributed by atoms with Crippen molar-refractivity contribution in [3.63, 3.8) is 0 Å². The summed E-state index contributed by atoms with van der Waals surface area (Å²) in [6, 6.07) is 0. The van der Waals surface area contributed by atoms with Gasteiger partial charge in [-0.2, -0.15) is 0 Å². The Labute approximate surface area is 118 Å². The second-order valence-electron chi connectivity index (χ2n) is 5.35. The molecule has 2 aliphatic heterocycles. The highest BCUT2D eigenvalue weighted by Gasteiger charge is 2.24. The summed E-state index contributed by atoms with van der Waals surface area (Å²) in [4.78, 5) is 25.5. The predicted octanol–water partition coefficient (Wildman–Crippen LogP) is 0.808. The van der Waals surface area contributed by atoms with Crippen molar-refractivity contribution >= 4 is 12.2 Å². The average molecular weight is 285 g/mol. The molecule has 2 amide bonds. The van der Waals surface area contributed by atoms with Gasteiger partial charge in [-0.25, -0.2) is 9.59 Å². The van der Waals surface area contributed by atoms with Crippen LogP contribution in [0.25, 0.3) is 0 Å². The van der Waals surface area contributed by atoms with Crippen molar-refractivity contribution in [1.29, 1.82) is 0 Å². The lowest BCUT2D eigenvalue weighted by atomic mass is 9.95. The van der Waals surface area contributed by atoms with E-state index in [1.807, 2.05) is 0 Å². The zero-order valence-electron chi connectivity index (χ0n) is 11.7. The maximum Gasteiger partial charge on any atom is 0.409 e. The molecule has 2 heterocycles. The van der Waals surface area contributed by atoms with E-state index in [9.17, 15) is 9.59 Å². The van der Waals surface area contributed by atoms with Crippen molar-refractivity contribution in [3.05, 3.63) is 0 Å². The number of carbonyl (C=O) groups is 2. The second kappa shape index (κ2) is 7.33. The molecule has 20 heavy (non-hydrogen) atoms. The minimum Gasteiger partial charge on any atom is -0.465 e. The molecule has 0 spiro atoms. The molecule has 7 heteroatoms. The zero-order valence-corrected chi connectivity index (χ0v) is 11.7. The Morgan fingerprint density at radius 3 is 2.30 bits per heavy atom. The third kappa shape index (κ3) is 4.26. The van der Waals surface area contributed by atoms with Gasteiger partial charge in [-0.3, -0.25) is 0 Å². The number of carboxylic acid groups (broad SMARTS) is 1. The zero-order chi connectivity index (χ0) is 14.4. The first kappa shape index (κ1) is 14.9. The average Bonchev–Trinajstić information content (AvgIpc) is 2.48. The van der Waals surface area contributed by atoms with E-state index in [1.165, 1.54) is 4.90 Å². The Balaban J connectivity index is 1.61. The summed E-state index contributed by atoms with van der Waals surface area (Å²) in [5.74, 6) is 0.646. The molecule has 0 atom stereocenters. The van der Waals surface area contributed by atoms with E-state index in [-0.39, 0.29) is 6.09 Å². The van der Waals surface area contributed by atoms with E-state index in [0.717, 1.165) is 32.4 Å². The third-order valence-corrected chi connectivity index (χ3v) is 4.02. The molecule has 0 aromatic heterocycles. The van der Waals surface area contributed by atoms with Crippen LogP contribution < -0.4 is 5.32 Å². The van der Waals surface area contributed by atoms with Crippen molar-refractivity contribution in [2.24, 2.45) is 5.92 Å². The molecule has 0 saturated carbocycles. The molecule has 0 aromatic carbocycles. The monoisotopic (exact) mass is 285 g/mol. The van der Waals surface area contributed by atoms with E-state index in [4.69, 9.17) is 9.84 Å². The van der Waals surface area contributed by atoms with E-state index < -0.39 is 6.09 Å². The lowest BCUT2D eigenvalue weighted by Crippen LogP contribution is -2.50. The summed E-state index contributed by atoms with van der Waals surface area (Å²) in [6.45, 7) is 4.11. The molecule has 2 rings (SSSR count). The molecule has 114 valence electrons. The quantitative estimate of drug-likeness (QED) is 0.802. The molecule has 2 N–H and O–H groups in total. The summed E-state index contributed by atoms with van der Waals surface area (Å²) < 4.78 is 5.28. The Kier molecular flexibility index (Phi) is 5.46. The van der Waals surface area contributed by atoms with Gasteiger partial charge >= 0.3 is 12.2 Å². The highest BCUT2D eigenvalue weighted by atomic mass is 16.6. The van der Waals surface area contributed by atoms with Crippen LogP contribution in [0.5, 0.6) is 0 Å². The topological polar surface area (TPSA) is 82.1 Å². The van der Waals surface area contributed by atoms with Gasteiger partial charge in [0.05, 0.1) is 6.61 Å². The van der Waals surface area contributed by atoms with Crippen molar-refractivity contribution in [1.82, 2.24) is 15.1 Å². The number of rotatable bonds is 3. The SMILES string of the molecule is O=C(O)N1CCN(C(=O)OCCC2CCNCC2)CC1. The minimum atomic E-state index is -0.927. The van der Waals surface area contributed by atoms with E-state index in [1.54, 1.807) is 4.90 Å². The lowest BCUT2D eigenvalue weighted by Gasteiger charge is -2.32. The first-order valence-corrected chi connectivity index (χ1v) is 7.27. The van der Waals surface area contributed by atoms with Gasteiger partial charge in [-0.15, -0.1) is 0 Å².